The van der Waals surface area contributed by atoms with Crippen molar-refractivity contribution in [1.82, 2.24) is 29.5 Å². The van der Waals surface area contributed by atoms with E-state index >= 15 is 4.39 Å². The van der Waals surface area contributed by atoms with Gasteiger partial charge >= 0.3 is 12.2 Å². The molecule has 2 aliphatic heterocycles. The Morgan fingerprint density at radius 1 is 1.21 bits per heavy atom. The molecule has 14 nitrogen and oxygen atoms in total. The topological polar surface area (TPSA) is 142 Å². The maximum Gasteiger partial charge on any atom is 0.414 e. The van der Waals surface area contributed by atoms with Crippen LogP contribution in [0.25, 0.3) is 5.78 Å². The van der Waals surface area contributed by atoms with E-state index in [9.17, 15) is 19.2 Å². The number of ether oxygens (including phenoxy) is 2. The van der Waals surface area contributed by atoms with Crippen LogP contribution in [0.4, 0.5) is 25.4 Å². The number of likely N-dealkylation sites (N-methyl/N-ethyl adjacent to an activating group) is 1. The molecular formula is C27H31FN8O6. The van der Waals surface area contributed by atoms with Gasteiger partial charge in [-0.05, 0) is 31.2 Å². The van der Waals surface area contributed by atoms with E-state index in [1.807, 2.05) is 4.90 Å². The van der Waals surface area contributed by atoms with Gasteiger partial charge in [0.2, 0.25) is 11.7 Å². The van der Waals surface area contributed by atoms with Crippen molar-refractivity contribution < 1.29 is 33.0 Å². The minimum atomic E-state index is -0.640. The fourth-order valence-electron chi connectivity index (χ4n) is 4.91. The molecule has 4 amide bonds. The molecule has 1 aromatic carbocycles. The SMILES string of the molecule is CCN(CC(=O)N1CCN(c2ccc(N3C[C@H](CNC(=O)OC)OC3=O)cc2F)CC1)C(=O)c1cn2cccnc2n1. The lowest BCUT2D eigenvalue weighted by Crippen LogP contribution is -2.52. The minimum Gasteiger partial charge on any atom is -0.453 e. The lowest BCUT2D eigenvalue weighted by atomic mass is 10.2. The molecule has 0 spiro atoms. The van der Waals surface area contributed by atoms with Crippen LogP contribution >= 0.6 is 0 Å². The third-order valence-corrected chi connectivity index (χ3v) is 7.20. The number of hydrogen-bond donors (Lipinski definition) is 1. The van der Waals surface area contributed by atoms with Gasteiger partial charge in [0.25, 0.3) is 5.91 Å². The van der Waals surface area contributed by atoms with Crippen LogP contribution in [0.5, 0.6) is 0 Å². The van der Waals surface area contributed by atoms with E-state index in [4.69, 9.17) is 4.74 Å². The highest BCUT2D eigenvalue weighted by atomic mass is 19.1. The number of nitrogens with zero attached hydrogens (tertiary/aromatic N) is 7. The van der Waals surface area contributed by atoms with Gasteiger partial charge in [-0.15, -0.1) is 0 Å². The Hall–Kier alpha value is -4.95. The van der Waals surface area contributed by atoms with Gasteiger partial charge < -0.3 is 29.5 Å². The molecule has 0 unspecified atom stereocenters. The van der Waals surface area contributed by atoms with E-state index in [-0.39, 0.29) is 37.1 Å². The van der Waals surface area contributed by atoms with E-state index in [2.05, 4.69) is 20.0 Å². The van der Waals surface area contributed by atoms with Crippen LogP contribution in [-0.2, 0) is 14.3 Å². The first kappa shape index (κ1) is 28.6. The zero-order chi connectivity index (χ0) is 29.8. The summed E-state index contributed by atoms with van der Waals surface area (Å²) in [6, 6.07) is 6.23. The fourth-order valence-corrected chi connectivity index (χ4v) is 4.91. The average Bonchev–Trinajstić information content (AvgIpc) is 3.61. The first-order chi connectivity index (χ1) is 20.3. The molecule has 0 radical (unpaired) electrons. The molecule has 15 heteroatoms. The summed E-state index contributed by atoms with van der Waals surface area (Å²) in [5, 5.41) is 2.47. The molecule has 222 valence electrons. The molecule has 0 bridgehead atoms. The molecule has 1 atom stereocenters. The molecule has 0 aliphatic carbocycles. The number of anilines is 2. The summed E-state index contributed by atoms with van der Waals surface area (Å²) in [6.07, 6.45) is 3.05. The normalized spacial score (nSPS) is 16.9. The second kappa shape index (κ2) is 12.3. The van der Waals surface area contributed by atoms with Gasteiger partial charge in [0.05, 0.1) is 31.6 Å². The second-order valence-corrected chi connectivity index (χ2v) is 9.76. The number of cyclic esters (lactones) is 1. The number of carbonyl (C=O) groups is 4. The quantitative estimate of drug-likeness (QED) is 0.417. The Bertz CT molecular complexity index is 1460. The standard InChI is InChI=1S/C27H31FN8O6/c1-3-32(24(38)21-16-35-8-4-7-29-25(35)31-21)17-23(37)34-11-9-33(10-12-34)22-6-5-18(13-20(22)28)36-15-19(42-27(36)40)14-30-26(39)41-2/h4-8,13,16,19H,3,9-12,14-15,17H2,1-2H3,(H,30,39)/t19-/m0/s1. The number of nitrogens with one attached hydrogen (secondary N) is 1. The predicted octanol–water partition coefficient (Wildman–Crippen LogP) is 1.36. The molecule has 3 aromatic rings. The Kier molecular flexibility index (Phi) is 8.36. The number of piperazine rings is 1. The molecule has 2 aliphatic rings. The van der Waals surface area contributed by atoms with Crippen molar-refractivity contribution in [2.45, 2.75) is 13.0 Å². The highest BCUT2D eigenvalue weighted by molar-refractivity contribution is 5.95. The number of carbonyl (C=O) groups excluding carboxylic acids is 4. The number of methoxy groups -OCH3 is 1. The largest absolute Gasteiger partial charge is 0.453 e. The summed E-state index contributed by atoms with van der Waals surface area (Å²) >= 11 is 0. The van der Waals surface area contributed by atoms with Crippen LogP contribution < -0.4 is 15.1 Å². The molecule has 42 heavy (non-hydrogen) atoms. The van der Waals surface area contributed by atoms with Crippen molar-refractivity contribution in [3.05, 3.63) is 54.4 Å². The van der Waals surface area contributed by atoms with Crippen molar-refractivity contribution in [2.75, 3.05) is 69.3 Å². The molecule has 1 N–H and O–H groups in total. The summed E-state index contributed by atoms with van der Waals surface area (Å²) in [7, 11) is 1.23. The van der Waals surface area contributed by atoms with Gasteiger partial charge in [0.1, 0.15) is 24.2 Å². The van der Waals surface area contributed by atoms with Gasteiger partial charge in [-0.2, -0.15) is 0 Å². The Balaban J connectivity index is 1.15. The number of benzene rings is 1. The maximum atomic E-state index is 15.2. The molecule has 4 heterocycles. The van der Waals surface area contributed by atoms with E-state index < -0.39 is 24.1 Å². The van der Waals surface area contributed by atoms with Gasteiger partial charge in [-0.25, -0.2) is 23.9 Å². The van der Waals surface area contributed by atoms with E-state index in [1.165, 1.54) is 23.0 Å². The number of fused-ring (bicyclic) bond motifs is 1. The number of aromatic nitrogens is 3. The number of imidazole rings is 1. The third-order valence-electron chi connectivity index (χ3n) is 7.20. The number of hydrogen-bond acceptors (Lipinski definition) is 9. The fraction of sp³-hybridized carbons (Fsp3) is 0.407. The van der Waals surface area contributed by atoms with Gasteiger partial charge in [-0.1, -0.05) is 0 Å². The Morgan fingerprint density at radius 2 is 2.00 bits per heavy atom. The van der Waals surface area contributed by atoms with Crippen LogP contribution in [0.15, 0.2) is 42.9 Å². The van der Waals surface area contributed by atoms with Crippen LogP contribution in [0.2, 0.25) is 0 Å². The second-order valence-electron chi connectivity index (χ2n) is 9.76. The molecular weight excluding hydrogens is 551 g/mol. The van der Waals surface area contributed by atoms with Gasteiger partial charge in [0, 0.05) is 51.3 Å². The average molecular weight is 583 g/mol. The molecule has 2 aromatic heterocycles. The Labute approximate surface area is 240 Å². The maximum absolute atomic E-state index is 15.2. The molecule has 5 rings (SSSR count). The summed E-state index contributed by atoms with van der Waals surface area (Å²) in [5.74, 6) is -0.672. The number of halogens is 1. The predicted molar refractivity (Wildman–Crippen MR) is 148 cm³/mol. The first-order valence-corrected chi connectivity index (χ1v) is 13.5. The van der Waals surface area contributed by atoms with Crippen molar-refractivity contribution >= 4 is 41.2 Å². The number of alkyl carbamates (subject to hydrolysis) is 1. The minimum absolute atomic E-state index is 0.0701. The molecule has 0 saturated carbocycles. The summed E-state index contributed by atoms with van der Waals surface area (Å²) < 4.78 is 26.6. The Morgan fingerprint density at radius 3 is 2.69 bits per heavy atom. The lowest BCUT2D eigenvalue weighted by Gasteiger charge is -2.37. The highest BCUT2D eigenvalue weighted by Gasteiger charge is 2.33. The van der Waals surface area contributed by atoms with Crippen LogP contribution in [0, 0.1) is 5.82 Å². The van der Waals surface area contributed by atoms with E-state index in [0.717, 1.165) is 0 Å². The van der Waals surface area contributed by atoms with E-state index in [1.54, 1.807) is 53.0 Å². The number of rotatable bonds is 8. The first-order valence-electron chi connectivity index (χ1n) is 13.5. The summed E-state index contributed by atoms with van der Waals surface area (Å²) in [6.45, 7) is 3.76. The molecule has 2 saturated heterocycles. The molecule has 2 fully saturated rings. The smallest absolute Gasteiger partial charge is 0.414 e. The van der Waals surface area contributed by atoms with Crippen LogP contribution in [-0.4, -0.2) is 114 Å². The zero-order valence-corrected chi connectivity index (χ0v) is 23.2. The van der Waals surface area contributed by atoms with Crippen LogP contribution in [0.3, 0.4) is 0 Å². The van der Waals surface area contributed by atoms with Crippen molar-refractivity contribution in [3.63, 3.8) is 0 Å². The highest BCUT2D eigenvalue weighted by Crippen LogP contribution is 2.28. The lowest BCUT2D eigenvalue weighted by molar-refractivity contribution is -0.132. The van der Waals surface area contributed by atoms with Gasteiger partial charge in [0.15, 0.2) is 0 Å². The van der Waals surface area contributed by atoms with Crippen LogP contribution in [0.1, 0.15) is 17.4 Å². The van der Waals surface area contributed by atoms with Crippen molar-refractivity contribution in [2.24, 2.45) is 0 Å². The number of amides is 4. The monoisotopic (exact) mass is 582 g/mol. The third kappa shape index (κ3) is 6.04. The van der Waals surface area contributed by atoms with E-state index in [0.29, 0.717) is 49.9 Å². The zero-order valence-electron chi connectivity index (χ0n) is 23.2. The summed E-state index contributed by atoms with van der Waals surface area (Å²) in [5.41, 5.74) is 0.900. The van der Waals surface area contributed by atoms with Crippen molar-refractivity contribution in [3.8, 4) is 0 Å². The van der Waals surface area contributed by atoms with Gasteiger partial charge in [-0.3, -0.25) is 18.9 Å². The summed E-state index contributed by atoms with van der Waals surface area (Å²) in [4.78, 5) is 64.3. The van der Waals surface area contributed by atoms with Crippen molar-refractivity contribution in [1.29, 1.82) is 0 Å².